The first kappa shape index (κ1) is 13.9. The molecule has 0 aromatic heterocycles. The lowest BCUT2D eigenvalue weighted by molar-refractivity contribution is 0.243. The molecule has 2 heteroatoms. The number of nitrogens with zero attached hydrogens (tertiary/aromatic N) is 1. The SMILES string of the molecule is Cc1cc(CCN)ccc1N1CCC[C@H]2CCCC[C@H]21. The lowest BCUT2D eigenvalue weighted by Crippen LogP contribution is -2.47. The molecule has 20 heavy (non-hydrogen) atoms. The fourth-order valence-electron chi connectivity index (χ4n) is 4.29. The van der Waals surface area contributed by atoms with E-state index in [2.05, 4.69) is 30.0 Å². The zero-order valence-electron chi connectivity index (χ0n) is 12.8. The molecule has 2 aliphatic rings. The third-order valence-electron chi connectivity index (χ3n) is 5.25. The number of piperidine rings is 1. The Morgan fingerprint density at radius 3 is 2.75 bits per heavy atom. The van der Waals surface area contributed by atoms with Gasteiger partial charge >= 0.3 is 0 Å². The molecule has 110 valence electrons. The van der Waals surface area contributed by atoms with E-state index in [4.69, 9.17) is 5.73 Å². The van der Waals surface area contributed by atoms with Crippen LogP contribution in [0.1, 0.15) is 49.7 Å². The van der Waals surface area contributed by atoms with Gasteiger partial charge in [-0.3, -0.25) is 0 Å². The normalized spacial score (nSPS) is 26.4. The van der Waals surface area contributed by atoms with Gasteiger partial charge < -0.3 is 10.6 Å². The van der Waals surface area contributed by atoms with Gasteiger partial charge in [-0.2, -0.15) is 0 Å². The van der Waals surface area contributed by atoms with Crippen molar-refractivity contribution in [3.63, 3.8) is 0 Å². The molecule has 3 rings (SSSR count). The van der Waals surface area contributed by atoms with Gasteiger partial charge in [0, 0.05) is 18.3 Å². The third-order valence-corrected chi connectivity index (χ3v) is 5.25. The largest absolute Gasteiger partial charge is 0.368 e. The molecule has 1 saturated heterocycles. The summed E-state index contributed by atoms with van der Waals surface area (Å²) < 4.78 is 0. The van der Waals surface area contributed by atoms with Crippen molar-refractivity contribution in [1.82, 2.24) is 0 Å². The fraction of sp³-hybridized carbons (Fsp3) is 0.667. The summed E-state index contributed by atoms with van der Waals surface area (Å²) in [6.07, 6.45) is 9.52. The van der Waals surface area contributed by atoms with Crippen LogP contribution in [0.4, 0.5) is 5.69 Å². The molecule has 0 radical (unpaired) electrons. The average Bonchev–Trinajstić information content (AvgIpc) is 2.47. The van der Waals surface area contributed by atoms with Gasteiger partial charge in [0.1, 0.15) is 0 Å². The van der Waals surface area contributed by atoms with Crippen LogP contribution in [-0.4, -0.2) is 19.1 Å². The summed E-state index contributed by atoms with van der Waals surface area (Å²) in [6.45, 7) is 4.26. The highest BCUT2D eigenvalue weighted by Gasteiger charge is 2.33. The minimum atomic E-state index is 0.743. The first-order chi connectivity index (χ1) is 9.79. The van der Waals surface area contributed by atoms with Crippen LogP contribution in [-0.2, 0) is 6.42 Å². The van der Waals surface area contributed by atoms with Gasteiger partial charge in [-0.05, 0) is 68.7 Å². The van der Waals surface area contributed by atoms with E-state index in [0.717, 1.165) is 24.9 Å². The van der Waals surface area contributed by atoms with Crippen LogP contribution in [0.25, 0.3) is 0 Å². The van der Waals surface area contributed by atoms with E-state index in [0.29, 0.717) is 0 Å². The highest BCUT2D eigenvalue weighted by molar-refractivity contribution is 5.56. The average molecular weight is 272 g/mol. The van der Waals surface area contributed by atoms with E-state index in [1.807, 2.05) is 0 Å². The maximum absolute atomic E-state index is 5.67. The van der Waals surface area contributed by atoms with Crippen LogP contribution in [0.2, 0.25) is 0 Å². The minimum Gasteiger partial charge on any atom is -0.368 e. The minimum absolute atomic E-state index is 0.743. The zero-order valence-corrected chi connectivity index (χ0v) is 12.8. The van der Waals surface area contributed by atoms with E-state index in [1.165, 1.54) is 61.9 Å². The van der Waals surface area contributed by atoms with Crippen molar-refractivity contribution < 1.29 is 0 Å². The van der Waals surface area contributed by atoms with E-state index < -0.39 is 0 Å². The summed E-state index contributed by atoms with van der Waals surface area (Å²) in [4.78, 5) is 2.72. The molecule has 1 aliphatic heterocycles. The quantitative estimate of drug-likeness (QED) is 0.910. The van der Waals surface area contributed by atoms with Gasteiger partial charge in [0.2, 0.25) is 0 Å². The number of fused-ring (bicyclic) bond motifs is 1. The van der Waals surface area contributed by atoms with Crippen molar-refractivity contribution in [2.45, 2.75) is 57.9 Å². The van der Waals surface area contributed by atoms with E-state index in [1.54, 1.807) is 0 Å². The van der Waals surface area contributed by atoms with Crippen LogP contribution < -0.4 is 10.6 Å². The molecule has 0 spiro atoms. The molecule has 2 fully saturated rings. The van der Waals surface area contributed by atoms with Crippen LogP contribution in [0.5, 0.6) is 0 Å². The number of anilines is 1. The topological polar surface area (TPSA) is 29.3 Å². The van der Waals surface area contributed by atoms with Gasteiger partial charge in [0.15, 0.2) is 0 Å². The summed E-state index contributed by atoms with van der Waals surface area (Å²) in [6, 6.07) is 7.77. The second kappa shape index (κ2) is 6.17. The standard InChI is InChI=1S/C18H28N2/c1-14-13-15(10-11-19)8-9-17(14)20-12-4-6-16-5-2-3-7-18(16)20/h8-9,13,16,18H,2-7,10-12,19H2,1H3/t16-,18-/m1/s1. The molecule has 1 aromatic rings. The summed E-state index contributed by atoms with van der Waals surface area (Å²) in [5.74, 6) is 0.945. The molecule has 0 unspecified atom stereocenters. The second-order valence-corrected chi connectivity index (χ2v) is 6.61. The van der Waals surface area contributed by atoms with Crippen LogP contribution >= 0.6 is 0 Å². The summed E-state index contributed by atoms with van der Waals surface area (Å²) >= 11 is 0. The predicted molar refractivity (Wildman–Crippen MR) is 86.3 cm³/mol. The highest BCUT2D eigenvalue weighted by Crippen LogP contribution is 2.38. The van der Waals surface area contributed by atoms with Crippen molar-refractivity contribution in [2.24, 2.45) is 11.7 Å². The first-order valence-electron chi connectivity index (χ1n) is 8.36. The first-order valence-corrected chi connectivity index (χ1v) is 8.36. The van der Waals surface area contributed by atoms with Crippen LogP contribution in [0.15, 0.2) is 18.2 Å². The van der Waals surface area contributed by atoms with E-state index >= 15 is 0 Å². The number of nitrogens with two attached hydrogens (primary N) is 1. The van der Waals surface area contributed by atoms with Crippen molar-refractivity contribution >= 4 is 5.69 Å². The Morgan fingerprint density at radius 2 is 1.95 bits per heavy atom. The van der Waals surface area contributed by atoms with Gasteiger partial charge in [0.05, 0.1) is 0 Å². The van der Waals surface area contributed by atoms with Gasteiger partial charge in [-0.1, -0.05) is 25.0 Å². The molecule has 2 nitrogen and oxygen atoms in total. The molecule has 0 bridgehead atoms. The lowest BCUT2D eigenvalue weighted by atomic mass is 9.78. The maximum Gasteiger partial charge on any atom is 0.0398 e. The maximum atomic E-state index is 5.67. The molecule has 2 N–H and O–H groups in total. The summed E-state index contributed by atoms with van der Waals surface area (Å²) in [7, 11) is 0. The Labute approximate surface area is 123 Å². The van der Waals surface area contributed by atoms with Crippen LogP contribution in [0, 0.1) is 12.8 Å². The zero-order chi connectivity index (χ0) is 13.9. The number of hydrogen-bond donors (Lipinski definition) is 1. The Balaban J connectivity index is 1.83. The van der Waals surface area contributed by atoms with Crippen LogP contribution in [0.3, 0.4) is 0 Å². The third kappa shape index (κ3) is 2.71. The number of rotatable bonds is 3. The molecular formula is C18H28N2. The van der Waals surface area contributed by atoms with Gasteiger partial charge in [-0.25, -0.2) is 0 Å². The second-order valence-electron chi connectivity index (χ2n) is 6.61. The Morgan fingerprint density at radius 1 is 1.15 bits per heavy atom. The molecule has 0 amide bonds. The predicted octanol–water partition coefficient (Wildman–Crippen LogP) is 3.66. The summed E-state index contributed by atoms with van der Waals surface area (Å²) in [5, 5.41) is 0. The van der Waals surface area contributed by atoms with Crippen molar-refractivity contribution in [3.05, 3.63) is 29.3 Å². The number of aryl methyl sites for hydroxylation is 1. The molecule has 2 atom stereocenters. The van der Waals surface area contributed by atoms with Gasteiger partial charge in [0.25, 0.3) is 0 Å². The number of hydrogen-bond acceptors (Lipinski definition) is 2. The molecular weight excluding hydrogens is 244 g/mol. The van der Waals surface area contributed by atoms with Crippen molar-refractivity contribution in [2.75, 3.05) is 18.0 Å². The molecule has 1 aliphatic carbocycles. The lowest BCUT2D eigenvalue weighted by Gasteiger charge is -2.46. The Hall–Kier alpha value is -1.02. The molecule has 1 saturated carbocycles. The Kier molecular flexibility index (Phi) is 4.30. The fourth-order valence-corrected chi connectivity index (χ4v) is 4.29. The van der Waals surface area contributed by atoms with Crippen molar-refractivity contribution in [1.29, 1.82) is 0 Å². The summed E-state index contributed by atoms with van der Waals surface area (Å²) in [5.41, 5.74) is 9.96. The van der Waals surface area contributed by atoms with E-state index in [9.17, 15) is 0 Å². The number of benzene rings is 1. The van der Waals surface area contributed by atoms with Crippen molar-refractivity contribution in [3.8, 4) is 0 Å². The highest BCUT2D eigenvalue weighted by atomic mass is 15.2. The Bertz CT molecular complexity index is 453. The van der Waals surface area contributed by atoms with Gasteiger partial charge in [-0.15, -0.1) is 0 Å². The monoisotopic (exact) mass is 272 g/mol. The smallest absolute Gasteiger partial charge is 0.0398 e. The van der Waals surface area contributed by atoms with E-state index in [-0.39, 0.29) is 0 Å². The molecule has 1 heterocycles. The molecule has 1 aromatic carbocycles.